The van der Waals surface area contributed by atoms with Gasteiger partial charge < -0.3 is 5.73 Å². The van der Waals surface area contributed by atoms with Crippen LogP contribution in [0.15, 0.2) is 17.0 Å². The summed E-state index contributed by atoms with van der Waals surface area (Å²) in [5.74, 6) is 0. The minimum Gasteiger partial charge on any atom is -0.399 e. The molecule has 0 aliphatic rings. The monoisotopic (exact) mass is 364 g/mol. The maximum absolute atomic E-state index is 12.6. The molecule has 0 aliphatic carbocycles. The van der Waals surface area contributed by atoms with E-state index in [1.807, 2.05) is 0 Å². The van der Waals surface area contributed by atoms with Crippen LogP contribution >= 0.6 is 23.2 Å². The van der Waals surface area contributed by atoms with Crippen LogP contribution in [0.1, 0.15) is 13.8 Å². The third-order valence-corrected chi connectivity index (χ3v) is 5.44. The molecule has 0 aromatic heterocycles. The van der Waals surface area contributed by atoms with Gasteiger partial charge in [-0.1, -0.05) is 23.2 Å². The van der Waals surface area contributed by atoms with Crippen LogP contribution in [0.4, 0.5) is 18.9 Å². The van der Waals surface area contributed by atoms with Gasteiger partial charge in [-0.25, -0.2) is 8.42 Å². The smallest absolute Gasteiger partial charge is 0.399 e. The van der Waals surface area contributed by atoms with E-state index in [-0.39, 0.29) is 20.0 Å². The van der Waals surface area contributed by atoms with Gasteiger partial charge in [0.25, 0.3) is 0 Å². The predicted molar refractivity (Wildman–Crippen MR) is 76.0 cm³/mol. The van der Waals surface area contributed by atoms with E-state index in [1.54, 1.807) is 0 Å². The molecule has 2 N–H and O–H groups in total. The van der Waals surface area contributed by atoms with E-state index >= 15 is 0 Å². The third kappa shape index (κ3) is 4.38. The van der Waals surface area contributed by atoms with Crippen molar-refractivity contribution in [3.05, 3.63) is 22.2 Å². The topological polar surface area (TPSA) is 63.4 Å². The van der Waals surface area contributed by atoms with Crippen LogP contribution in [0.5, 0.6) is 0 Å². The lowest BCUT2D eigenvalue weighted by Gasteiger charge is -2.27. The number of rotatable bonds is 4. The van der Waals surface area contributed by atoms with Crippen LogP contribution in [0, 0.1) is 0 Å². The van der Waals surface area contributed by atoms with Crippen molar-refractivity contribution < 1.29 is 21.6 Å². The Labute approximate surface area is 130 Å². The Bertz CT molecular complexity index is 610. The van der Waals surface area contributed by atoms with E-state index in [4.69, 9.17) is 28.9 Å². The number of nitrogens with two attached hydrogens (primary N) is 1. The van der Waals surface area contributed by atoms with Gasteiger partial charge in [0, 0.05) is 11.7 Å². The zero-order chi connectivity index (χ0) is 16.6. The Morgan fingerprint density at radius 2 is 1.67 bits per heavy atom. The first kappa shape index (κ1) is 18.3. The van der Waals surface area contributed by atoms with Crippen molar-refractivity contribution in [2.45, 2.75) is 31.0 Å². The van der Waals surface area contributed by atoms with E-state index in [9.17, 15) is 21.6 Å². The number of nitrogen functional groups attached to an aromatic ring is 1. The largest absolute Gasteiger partial charge is 0.402 e. The molecular weight excluding hydrogens is 352 g/mol. The molecule has 21 heavy (non-hydrogen) atoms. The highest BCUT2D eigenvalue weighted by atomic mass is 35.5. The van der Waals surface area contributed by atoms with Crippen molar-refractivity contribution in [2.75, 3.05) is 12.3 Å². The maximum Gasteiger partial charge on any atom is 0.402 e. The van der Waals surface area contributed by atoms with Gasteiger partial charge in [0.2, 0.25) is 10.0 Å². The van der Waals surface area contributed by atoms with Gasteiger partial charge in [-0.2, -0.15) is 17.5 Å². The molecule has 0 aliphatic heterocycles. The Morgan fingerprint density at radius 1 is 1.24 bits per heavy atom. The number of nitrogens with zero attached hydrogens (tertiary/aromatic N) is 1. The second kappa shape index (κ2) is 6.20. The summed E-state index contributed by atoms with van der Waals surface area (Å²) in [6.45, 7) is 1.01. The third-order valence-electron chi connectivity index (χ3n) is 2.50. The van der Waals surface area contributed by atoms with Crippen molar-refractivity contribution >= 4 is 38.9 Å². The molecule has 0 spiro atoms. The first-order valence-corrected chi connectivity index (χ1v) is 7.89. The second-order valence-corrected chi connectivity index (χ2v) is 7.21. The average molecular weight is 365 g/mol. The number of halogens is 5. The van der Waals surface area contributed by atoms with Gasteiger partial charge in [-0.15, -0.1) is 0 Å². The zero-order valence-corrected chi connectivity index (χ0v) is 13.4. The van der Waals surface area contributed by atoms with Crippen LogP contribution in [-0.2, 0) is 10.0 Å². The van der Waals surface area contributed by atoms with E-state index < -0.39 is 33.7 Å². The minimum atomic E-state index is -4.69. The Balaban J connectivity index is 3.44. The molecule has 0 saturated carbocycles. The molecule has 1 aromatic rings. The molecule has 0 saturated heterocycles. The van der Waals surface area contributed by atoms with Crippen molar-refractivity contribution in [3.8, 4) is 0 Å². The summed E-state index contributed by atoms with van der Waals surface area (Å²) in [6.07, 6.45) is -4.69. The SMILES string of the molecule is CC(C)N(CC(F)(F)F)S(=O)(=O)c1c(Cl)cc(N)cc1Cl. The highest BCUT2D eigenvalue weighted by molar-refractivity contribution is 7.89. The van der Waals surface area contributed by atoms with E-state index in [2.05, 4.69) is 0 Å². The van der Waals surface area contributed by atoms with Crippen LogP contribution in [0.25, 0.3) is 0 Å². The number of benzene rings is 1. The first-order valence-electron chi connectivity index (χ1n) is 5.69. The van der Waals surface area contributed by atoms with Crippen molar-refractivity contribution in [3.63, 3.8) is 0 Å². The normalized spacial score (nSPS) is 13.2. The van der Waals surface area contributed by atoms with Crippen LogP contribution < -0.4 is 5.73 Å². The number of sulfonamides is 1. The molecule has 120 valence electrons. The zero-order valence-electron chi connectivity index (χ0n) is 11.1. The molecule has 1 aromatic carbocycles. The number of anilines is 1. The van der Waals surface area contributed by atoms with E-state index in [0.29, 0.717) is 0 Å². The molecular formula is C11H13Cl2F3N2O2S. The van der Waals surface area contributed by atoms with Crippen molar-refractivity contribution in [2.24, 2.45) is 0 Å². The van der Waals surface area contributed by atoms with Gasteiger partial charge in [0.15, 0.2) is 0 Å². The fourth-order valence-electron chi connectivity index (χ4n) is 1.66. The summed E-state index contributed by atoms with van der Waals surface area (Å²) in [7, 11) is -4.52. The molecule has 0 fully saturated rings. The fraction of sp³-hybridized carbons (Fsp3) is 0.455. The van der Waals surface area contributed by atoms with Crippen LogP contribution in [0.2, 0.25) is 10.0 Å². The highest BCUT2D eigenvalue weighted by Crippen LogP contribution is 2.35. The molecule has 10 heteroatoms. The predicted octanol–water partition coefficient (Wildman–Crippen LogP) is 3.54. The van der Waals surface area contributed by atoms with Crippen LogP contribution in [0.3, 0.4) is 0 Å². The highest BCUT2D eigenvalue weighted by Gasteiger charge is 2.40. The molecule has 0 unspecified atom stereocenters. The van der Waals surface area contributed by atoms with Gasteiger partial charge in [0.05, 0.1) is 10.0 Å². The van der Waals surface area contributed by atoms with Gasteiger partial charge in [-0.05, 0) is 26.0 Å². The minimum absolute atomic E-state index is 0.107. The first-order chi connectivity index (χ1) is 9.36. The molecule has 0 bridgehead atoms. The van der Waals surface area contributed by atoms with Gasteiger partial charge in [-0.3, -0.25) is 0 Å². The Kier molecular flexibility index (Phi) is 5.41. The van der Waals surface area contributed by atoms with Gasteiger partial charge >= 0.3 is 6.18 Å². The lowest BCUT2D eigenvalue weighted by molar-refractivity contribution is -0.138. The molecule has 0 radical (unpaired) electrons. The van der Waals surface area contributed by atoms with Crippen molar-refractivity contribution in [1.82, 2.24) is 4.31 Å². The molecule has 0 atom stereocenters. The summed E-state index contributed by atoms with van der Waals surface area (Å²) in [4.78, 5) is -0.585. The Hall–Kier alpha value is -0.700. The summed E-state index contributed by atoms with van der Waals surface area (Å²) < 4.78 is 62.9. The fourth-order valence-corrected chi connectivity index (χ4v) is 4.47. The summed E-state index contributed by atoms with van der Waals surface area (Å²) in [5.41, 5.74) is 5.56. The molecule has 4 nitrogen and oxygen atoms in total. The van der Waals surface area contributed by atoms with Gasteiger partial charge in [0.1, 0.15) is 11.4 Å². The van der Waals surface area contributed by atoms with Crippen molar-refractivity contribution in [1.29, 1.82) is 0 Å². The van der Waals surface area contributed by atoms with Crippen LogP contribution in [-0.4, -0.2) is 31.5 Å². The molecule has 0 heterocycles. The lowest BCUT2D eigenvalue weighted by Crippen LogP contribution is -2.43. The number of alkyl halides is 3. The summed E-state index contributed by atoms with van der Waals surface area (Å²) in [6, 6.07) is 1.31. The standard InChI is InChI=1S/C11H13Cl2F3N2O2S/c1-6(2)18(5-11(14,15)16)21(19,20)10-8(12)3-7(17)4-9(10)13/h3-4,6H,5,17H2,1-2H3. The molecule has 1 rings (SSSR count). The molecule has 0 amide bonds. The quantitative estimate of drug-likeness (QED) is 0.831. The summed E-state index contributed by atoms with van der Waals surface area (Å²) in [5, 5.41) is -0.652. The number of hydrogen-bond donors (Lipinski definition) is 1. The average Bonchev–Trinajstić information content (AvgIpc) is 2.21. The second-order valence-electron chi connectivity index (χ2n) is 4.57. The lowest BCUT2D eigenvalue weighted by atomic mass is 10.3. The summed E-state index contributed by atoms with van der Waals surface area (Å²) >= 11 is 11.6. The Morgan fingerprint density at radius 3 is 2.00 bits per heavy atom. The van der Waals surface area contributed by atoms with E-state index in [1.165, 1.54) is 13.8 Å². The van der Waals surface area contributed by atoms with E-state index in [0.717, 1.165) is 12.1 Å². The number of hydrogen-bond acceptors (Lipinski definition) is 3. The maximum atomic E-state index is 12.6.